The molecule has 6 nitrogen and oxygen atoms in total. The van der Waals surface area contributed by atoms with Gasteiger partial charge in [-0.2, -0.15) is 17.0 Å². The fourth-order valence-electron chi connectivity index (χ4n) is 2.24. The molecule has 0 unspecified atom stereocenters. The Morgan fingerprint density at radius 2 is 1.50 bits per heavy atom. The van der Waals surface area contributed by atoms with E-state index in [0.29, 0.717) is 59.0 Å². The van der Waals surface area contributed by atoms with E-state index >= 15 is 0 Å². The van der Waals surface area contributed by atoms with Crippen LogP contribution in [-0.2, 0) is 14.9 Å². The average Bonchev–Trinajstić information content (AvgIpc) is 2.41. The van der Waals surface area contributed by atoms with Gasteiger partial charge in [0, 0.05) is 45.8 Å². The van der Waals surface area contributed by atoms with Gasteiger partial charge in [0.2, 0.25) is 0 Å². The molecule has 0 aliphatic carbocycles. The van der Waals surface area contributed by atoms with Crippen LogP contribution in [0.4, 0.5) is 4.39 Å². The molecule has 0 bridgehead atoms. The van der Waals surface area contributed by atoms with Gasteiger partial charge in [-0.1, -0.05) is 0 Å². The van der Waals surface area contributed by atoms with Gasteiger partial charge in [0.05, 0.1) is 13.2 Å². The zero-order chi connectivity index (χ0) is 13.0. The number of hydrogen-bond donors (Lipinski definition) is 0. The molecule has 0 aromatic rings. The third-order valence-corrected chi connectivity index (χ3v) is 5.39. The molecule has 2 saturated heterocycles. The van der Waals surface area contributed by atoms with Gasteiger partial charge in [-0.25, -0.2) is 4.39 Å². The minimum atomic E-state index is -3.36. The Bertz CT molecular complexity index is 351. The Hall–Kier alpha value is -0.280. The molecule has 0 aromatic heterocycles. The van der Waals surface area contributed by atoms with E-state index < -0.39 is 10.2 Å². The predicted octanol–water partition coefficient (Wildman–Crippen LogP) is -0.849. The molecule has 106 valence electrons. The van der Waals surface area contributed by atoms with Gasteiger partial charge >= 0.3 is 0 Å². The van der Waals surface area contributed by atoms with Crippen LogP contribution in [-0.4, -0.2) is 87.6 Å². The van der Waals surface area contributed by atoms with E-state index in [2.05, 4.69) is 0 Å². The Kier molecular flexibility index (Phi) is 4.91. The molecule has 2 heterocycles. The van der Waals surface area contributed by atoms with Gasteiger partial charge in [-0.15, -0.1) is 0 Å². The first-order chi connectivity index (χ1) is 8.64. The average molecular weight is 281 g/mol. The maximum atomic E-state index is 12.3. The third kappa shape index (κ3) is 3.18. The molecular weight excluding hydrogens is 261 g/mol. The second kappa shape index (κ2) is 6.25. The van der Waals surface area contributed by atoms with E-state index in [4.69, 9.17) is 4.74 Å². The lowest BCUT2D eigenvalue weighted by Gasteiger charge is -2.37. The van der Waals surface area contributed by atoms with Crippen molar-refractivity contribution < 1.29 is 17.5 Å². The van der Waals surface area contributed by atoms with Crippen LogP contribution in [0.15, 0.2) is 0 Å². The van der Waals surface area contributed by atoms with Crippen molar-refractivity contribution >= 4 is 10.2 Å². The first kappa shape index (κ1) is 14.1. The maximum absolute atomic E-state index is 12.3. The van der Waals surface area contributed by atoms with E-state index in [-0.39, 0.29) is 6.67 Å². The lowest BCUT2D eigenvalue weighted by molar-refractivity contribution is 0.0684. The predicted molar refractivity (Wildman–Crippen MR) is 65.3 cm³/mol. The van der Waals surface area contributed by atoms with Crippen molar-refractivity contribution in [3.63, 3.8) is 0 Å². The SMILES string of the molecule is O=S(=O)(N1CCOCC1)N1CCN(CCF)CC1. The summed E-state index contributed by atoms with van der Waals surface area (Å²) in [5.41, 5.74) is 0. The Labute approximate surface area is 107 Å². The summed E-state index contributed by atoms with van der Waals surface area (Å²) in [4.78, 5) is 1.95. The normalized spacial score (nSPS) is 25.4. The number of morpholine rings is 1. The van der Waals surface area contributed by atoms with Crippen LogP contribution >= 0.6 is 0 Å². The molecule has 0 radical (unpaired) electrons. The van der Waals surface area contributed by atoms with Gasteiger partial charge in [-0.05, 0) is 0 Å². The number of rotatable bonds is 4. The lowest BCUT2D eigenvalue weighted by atomic mass is 10.4. The number of ether oxygens (including phenoxy) is 1. The van der Waals surface area contributed by atoms with Crippen molar-refractivity contribution in [3.8, 4) is 0 Å². The highest BCUT2D eigenvalue weighted by molar-refractivity contribution is 7.86. The van der Waals surface area contributed by atoms with Crippen molar-refractivity contribution in [2.75, 3.05) is 65.7 Å². The minimum absolute atomic E-state index is 0.379. The highest BCUT2D eigenvalue weighted by Crippen LogP contribution is 2.13. The Balaban J connectivity index is 1.91. The van der Waals surface area contributed by atoms with Crippen LogP contribution in [0.2, 0.25) is 0 Å². The first-order valence-corrected chi connectivity index (χ1v) is 7.65. The second-order valence-electron chi connectivity index (χ2n) is 4.45. The van der Waals surface area contributed by atoms with Crippen molar-refractivity contribution in [1.82, 2.24) is 13.5 Å². The molecule has 0 saturated carbocycles. The molecule has 0 N–H and O–H groups in total. The van der Waals surface area contributed by atoms with Gasteiger partial charge in [0.25, 0.3) is 10.2 Å². The summed E-state index contributed by atoms with van der Waals surface area (Å²) in [6.07, 6.45) is 0. The fourth-order valence-corrected chi connectivity index (χ4v) is 3.81. The van der Waals surface area contributed by atoms with E-state index in [0.717, 1.165) is 0 Å². The van der Waals surface area contributed by atoms with E-state index in [1.165, 1.54) is 8.61 Å². The maximum Gasteiger partial charge on any atom is 0.282 e. The molecule has 18 heavy (non-hydrogen) atoms. The van der Waals surface area contributed by atoms with Crippen molar-refractivity contribution in [2.24, 2.45) is 0 Å². The third-order valence-electron chi connectivity index (χ3n) is 3.35. The van der Waals surface area contributed by atoms with Crippen molar-refractivity contribution in [1.29, 1.82) is 0 Å². The molecule has 2 aliphatic heterocycles. The van der Waals surface area contributed by atoms with E-state index in [9.17, 15) is 12.8 Å². The van der Waals surface area contributed by atoms with Crippen molar-refractivity contribution in [2.45, 2.75) is 0 Å². The summed E-state index contributed by atoms with van der Waals surface area (Å²) in [6, 6.07) is 0. The number of piperazine rings is 1. The van der Waals surface area contributed by atoms with Crippen LogP contribution in [0.25, 0.3) is 0 Å². The van der Waals surface area contributed by atoms with Crippen LogP contribution in [0.5, 0.6) is 0 Å². The van der Waals surface area contributed by atoms with Crippen LogP contribution < -0.4 is 0 Å². The number of halogens is 1. The van der Waals surface area contributed by atoms with Crippen LogP contribution in [0.3, 0.4) is 0 Å². The monoisotopic (exact) mass is 281 g/mol. The van der Waals surface area contributed by atoms with Crippen LogP contribution in [0.1, 0.15) is 0 Å². The fraction of sp³-hybridized carbons (Fsp3) is 1.00. The van der Waals surface area contributed by atoms with Gasteiger partial charge < -0.3 is 4.74 Å². The summed E-state index contributed by atoms with van der Waals surface area (Å²) >= 11 is 0. The summed E-state index contributed by atoms with van der Waals surface area (Å²) in [5.74, 6) is 0. The number of alkyl halides is 1. The summed E-state index contributed by atoms with van der Waals surface area (Å²) in [7, 11) is -3.36. The summed E-state index contributed by atoms with van der Waals surface area (Å²) < 4.78 is 44.9. The zero-order valence-electron chi connectivity index (χ0n) is 10.4. The Morgan fingerprint density at radius 3 is 2.06 bits per heavy atom. The highest BCUT2D eigenvalue weighted by atomic mass is 32.2. The highest BCUT2D eigenvalue weighted by Gasteiger charge is 2.32. The van der Waals surface area contributed by atoms with Gasteiger partial charge in [-0.3, -0.25) is 4.90 Å². The molecule has 0 amide bonds. The van der Waals surface area contributed by atoms with Crippen molar-refractivity contribution in [3.05, 3.63) is 0 Å². The second-order valence-corrected chi connectivity index (χ2v) is 6.38. The molecule has 2 rings (SSSR count). The lowest BCUT2D eigenvalue weighted by Crippen LogP contribution is -2.55. The van der Waals surface area contributed by atoms with Gasteiger partial charge in [0.15, 0.2) is 0 Å². The summed E-state index contributed by atoms with van der Waals surface area (Å²) in [6.45, 7) is 3.88. The quantitative estimate of drug-likeness (QED) is 0.674. The number of hydrogen-bond acceptors (Lipinski definition) is 4. The first-order valence-electron chi connectivity index (χ1n) is 6.26. The Morgan fingerprint density at radius 1 is 0.944 bits per heavy atom. The zero-order valence-corrected chi connectivity index (χ0v) is 11.2. The molecule has 2 aliphatic rings. The van der Waals surface area contributed by atoms with Crippen LogP contribution in [0, 0.1) is 0 Å². The molecular formula is C10H20FN3O3S. The molecule has 8 heteroatoms. The topological polar surface area (TPSA) is 53.1 Å². The summed E-state index contributed by atoms with van der Waals surface area (Å²) in [5, 5.41) is 0. The smallest absolute Gasteiger partial charge is 0.282 e. The molecule has 0 aromatic carbocycles. The molecule has 2 fully saturated rings. The largest absolute Gasteiger partial charge is 0.379 e. The molecule has 0 spiro atoms. The van der Waals surface area contributed by atoms with Gasteiger partial charge in [0.1, 0.15) is 6.67 Å². The van der Waals surface area contributed by atoms with E-state index in [1.807, 2.05) is 4.90 Å². The number of nitrogens with zero attached hydrogens (tertiary/aromatic N) is 3. The molecule has 0 atom stereocenters. The minimum Gasteiger partial charge on any atom is -0.379 e. The van der Waals surface area contributed by atoms with E-state index in [1.54, 1.807) is 0 Å². The standard InChI is InChI=1S/C10H20FN3O3S/c11-1-2-12-3-5-13(6-4-12)18(15,16)14-7-9-17-10-8-14/h1-10H2.